The van der Waals surface area contributed by atoms with Crippen molar-refractivity contribution in [3.63, 3.8) is 0 Å². The van der Waals surface area contributed by atoms with E-state index < -0.39 is 60.6 Å². The summed E-state index contributed by atoms with van der Waals surface area (Å²) in [5.41, 5.74) is 0.301. The number of epoxide rings is 1. The van der Waals surface area contributed by atoms with Gasteiger partial charge in [-0.15, -0.1) is 0 Å². The molecule has 0 radical (unpaired) electrons. The normalized spacial score (nSPS) is 21.7. The Morgan fingerprint density at radius 1 is 0.830 bits per heavy atom. The summed E-state index contributed by atoms with van der Waals surface area (Å²) >= 11 is 0. The Hall–Kier alpha value is -1.39. The first kappa shape index (κ1) is 47.8. The molecule has 7 atom stereocenters. The van der Waals surface area contributed by atoms with Crippen LogP contribution in [0, 0.1) is 17.8 Å². The van der Waals surface area contributed by atoms with Gasteiger partial charge in [-0.3, -0.25) is 4.79 Å². The largest absolute Gasteiger partial charge is 0.497 e. The Morgan fingerprint density at radius 2 is 1.32 bits per heavy atom. The lowest BCUT2D eigenvalue weighted by Gasteiger charge is -2.46. The number of hydrogen-bond acceptors (Lipinski definition) is 9. The van der Waals surface area contributed by atoms with E-state index in [-0.39, 0.29) is 40.4 Å². The van der Waals surface area contributed by atoms with Gasteiger partial charge in [0, 0.05) is 32.0 Å². The van der Waals surface area contributed by atoms with Crippen LogP contribution in [0.2, 0.25) is 54.4 Å². The summed E-state index contributed by atoms with van der Waals surface area (Å²) in [5.74, 6) is -0.891. The molecule has 53 heavy (non-hydrogen) atoms. The quantitative estimate of drug-likeness (QED) is 0.0553. The van der Waals surface area contributed by atoms with Crippen LogP contribution in [0.25, 0.3) is 0 Å². The van der Waals surface area contributed by atoms with E-state index in [9.17, 15) is 9.59 Å². The zero-order chi connectivity index (χ0) is 41.0. The second-order valence-corrected chi connectivity index (χ2v) is 34.4. The van der Waals surface area contributed by atoms with Gasteiger partial charge in [0.05, 0.1) is 38.4 Å². The van der Waals surface area contributed by atoms with Crippen LogP contribution in [0.15, 0.2) is 24.3 Å². The molecule has 1 aromatic rings. The lowest BCUT2D eigenvalue weighted by atomic mass is 9.80. The highest BCUT2D eigenvalue weighted by Gasteiger charge is 2.65. The van der Waals surface area contributed by atoms with Crippen molar-refractivity contribution in [2.75, 3.05) is 26.9 Å². The topological polar surface area (TPSA) is 102 Å². The SMILES string of the molecule is COc1ccc(COC[C@H](C)[C@H]2O[C@]2(C)[C@@H](O[Si](C)(C)C(C)(C)C)[C@@H](CO[Si](C)(C)C(C)(C)C)[C@H](OC(C)=O)[C@@H](C=O)CO[Si](C)(C)C(C)(C)C)cc1. The van der Waals surface area contributed by atoms with Gasteiger partial charge in [0.15, 0.2) is 25.0 Å². The number of rotatable bonds is 20. The van der Waals surface area contributed by atoms with Gasteiger partial charge in [-0.1, -0.05) is 81.4 Å². The highest BCUT2D eigenvalue weighted by atomic mass is 28.4. The summed E-state index contributed by atoms with van der Waals surface area (Å²) in [5, 5.41) is -0.265. The van der Waals surface area contributed by atoms with Crippen LogP contribution in [0.4, 0.5) is 0 Å². The molecule has 306 valence electrons. The van der Waals surface area contributed by atoms with Gasteiger partial charge in [0.1, 0.15) is 23.7 Å². The average molecular weight is 797 g/mol. The number of benzene rings is 1. The molecule has 1 aromatic carbocycles. The summed E-state index contributed by atoms with van der Waals surface area (Å²) in [6, 6.07) is 7.87. The summed E-state index contributed by atoms with van der Waals surface area (Å²) in [6.45, 7) is 40.0. The fourth-order valence-corrected chi connectivity index (χ4v) is 9.22. The molecule has 2 rings (SSSR count). The molecular weight excluding hydrogens is 721 g/mol. The van der Waals surface area contributed by atoms with Crippen molar-refractivity contribution in [3.8, 4) is 5.75 Å². The van der Waals surface area contributed by atoms with E-state index in [1.54, 1.807) is 7.11 Å². The van der Waals surface area contributed by atoms with Crippen molar-refractivity contribution >= 4 is 37.2 Å². The number of ether oxygens (including phenoxy) is 4. The monoisotopic (exact) mass is 796 g/mol. The molecule has 1 heterocycles. The van der Waals surface area contributed by atoms with Crippen LogP contribution in [0.5, 0.6) is 5.75 Å². The molecule has 1 aliphatic rings. The van der Waals surface area contributed by atoms with Crippen molar-refractivity contribution in [3.05, 3.63) is 29.8 Å². The number of carbonyl (C=O) groups is 2. The third-order valence-electron chi connectivity index (χ3n) is 12.6. The van der Waals surface area contributed by atoms with Crippen LogP contribution in [-0.2, 0) is 43.7 Å². The standard InChI is InChI=1S/C41H76O9Si3/c1-29(25-45-26-31-20-22-33(44-13)23-21-31)36-41(12,49-36)37(50-53(18,19)40(9,10)11)34(28-47-52(16,17)39(6,7)8)35(48-30(2)43)32(24-42)27-46-51(14,15)38(3,4)5/h20-24,29,32,34-37H,25-28H2,1-19H3/t29-,32-,34-,35+,36+,37-,41-/m0/s1. The fraction of sp³-hybridized carbons (Fsp3) is 0.805. The number of methoxy groups -OCH3 is 1. The Bertz CT molecular complexity index is 1330. The molecule has 0 aromatic heterocycles. The van der Waals surface area contributed by atoms with Gasteiger partial charge in [0.2, 0.25) is 0 Å². The molecule has 0 spiro atoms. The first-order chi connectivity index (χ1) is 23.9. The maximum atomic E-state index is 13.2. The molecule has 0 N–H and O–H groups in total. The second kappa shape index (κ2) is 17.8. The van der Waals surface area contributed by atoms with Crippen molar-refractivity contribution in [1.29, 1.82) is 0 Å². The maximum Gasteiger partial charge on any atom is 0.302 e. The average Bonchev–Trinajstić information content (AvgIpc) is 3.71. The minimum Gasteiger partial charge on any atom is -0.497 e. The Balaban J connectivity index is 2.64. The molecule has 0 aliphatic carbocycles. The molecule has 0 amide bonds. The van der Waals surface area contributed by atoms with Crippen LogP contribution >= 0.6 is 0 Å². The summed E-state index contributed by atoms with van der Waals surface area (Å²) < 4.78 is 45.6. The van der Waals surface area contributed by atoms with Crippen molar-refractivity contribution in [1.82, 2.24) is 0 Å². The molecule has 1 fully saturated rings. The van der Waals surface area contributed by atoms with Gasteiger partial charge < -0.3 is 37.0 Å². The van der Waals surface area contributed by atoms with E-state index in [0.29, 0.717) is 13.2 Å². The zero-order valence-electron chi connectivity index (χ0n) is 36.9. The van der Waals surface area contributed by atoms with Gasteiger partial charge in [-0.25, -0.2) is 0 Å². The predicted octanol–water partition coefficient (Wildman–Crippen LogP) is 9.80. The van der Waals surface area contributed by atoms with Crippen molar-refractivity contribution in [2.45, 2.75) is 168 Å². The minimum absolute atomic E-state index is 0.0293. The van der Waals surface area contributed by atoms with E-state index in [0.717, 1.165) is 17.6 Å². The zero-order valence-corrected chi connectivity index (χ0v) is 39.9. The molecule has 0 bridgehead atoms. The van der Waals surface area contributed by atoms with Gasteiger partial charge in [-0.2, -0.15) is 0 Å². The van der Waals surface area contributed by atoms with Crippen molar-refractivity contribution < 1.29 is 41.8 Å². The minimum atomic E-state index is -2.48. The molecule has 12 heteroatoms. The predicted molar refractivity (Wildman–Crippen MR) is 222 cm³/mol. The van der Waals surface area contributed by atoms with Crippen molar-refractivity contribution in [2.24, 2.45) is 17.8 Å². The number of carbonyl (C=O) groups excluding carboxylic acids is 2. The van der Waals surface area contributed by atoms with Crippen LogP contribution in [-0.4, -0.2) is 88.1 Å². The Labute approximate surface area is 326 Å². The maximum absolute atomic E-state index is 13.2. The summed E-state index contributed by atoms with van der Waals surface area (Å²) in [4.78, 5) is 26.1. The highest BCUT2D eigenvalue weighted by molar-refractivity contribution is 6.75. The van der Waals surface area contributed by atoms with Gasteiger partial charge in [-0.05, 0) is 79.0 Å². The smallest absolute Gasteiger partial charge is 0.302 e. The fourth-order valence-electron chi connectivity index (χ4n) is 5.74. The van der Waals surface area contributed by atoms with Crippen LogP contribution in [0.1, 0.15) is 88.6 Å². The summed E-state index contributed by atoms with van der Waals surface area (Å²) in [6.07, 6.45) is -0.716. The second-order valence-electron chi connectivity index (χ2n) is 20.0. The van der Waals surface area contributed by atoms with E-state index in [1.165, 1.54) is 6.92 Å². The Kier molecular flexibility index (Phi) is 16.1. The van der Waals surface area contributed by atoms with E-state index in [2.05, 4.69) is 115 Å². The first-order valence-electron chi connectivity index (χ1n) is 19.4. The highest BCUT2D eigenvalue weighted by Crippen LogP contribution is 2.52. The number of esters is 1. The van der Waals surface area contributed by atoms with Gasteiger partial charge >= 0.3 is 5.97 Å². The molecule has 1 aliphatic heterocycles. The van der Waals surface area contributed by atoms with Gasteiger partial charge in [0.25, 0.3) is 0 Å². The molecule has 0 unspecified atom stereocenters. The molecule has 1 saturated heterocycles. The Morgan fingerprint density at radius 3 is 1.75 bits per heavy atom. The lowest BCUT2D eigenvalue weighted by molar-refractivity contribution is -0.160. The molecule has 0 saturated carbocycles. The third-order valence-corrected chi connectivity index (χ3v) is 26.1. The molecular formula is C41H76O9Si3. The first-order valence-corrected chi connectivity index (χ1v) is 28.1. The lowest BCUT2D eigenvalue weighted by Crippen LogP contribution is -2.57. The number of hydrogen-bond donors (Lipinski definition) is 0. The van der Waals surface area contributed by atoms with E-state index in [1.807, 2.05) is 24.3 Å². The van der Waals surface area contributed by atoms with E-state index >= 15 is 0 Å². The van der Waals surface area contributed by atoms with Crippen LogP contribution in [0.3, 0.4) is 0 Å². The summed E-state index contributed by atoms with van der Waals surface area (Å²) in [7, 11) is -5.39. The third kappa shape index (κ3) is 12.6. The molecule has 9 nitrogen and oxygen atoms in total. The van der Waals surface area contributed by atoms with E-state index in [4.69, 9.17) is 32.2 Å². The number of aldehydes is 1. The van der Waals surface area contributed by atoms with Crippen LogP contribution < -0.4 is 4.74 Å².